The maximum atomic E-state index is 14.1. The fourth-order valence-corrected chi connectivity index (χ4v) is 5.62. The first-order chi connectivity index (χ1) is 18.8. The van der Waals surface area contributed by atoms with Crippen LogP contribution in [-0.2, 0) is 25.6 Å². The average Bonchev–Trinajstić information content (AvgIpc) is 3.54. The molecule has 2 aliphatic heterocycles. The van der Waals surface area contributed by atoms with Crippen molar-refractivity contribution in [3.8, 4) is 0 Å². The van der Waals surface area contributed by atoms with Gasteiger partial charge in [0.15, 0.2) is 0 Å². The summed E-state index contributed by atoms with van der Waals surface area (Å²) in [7, 11) is 0. The summed E-state index contributed by atoms with van der Waals surface area (Å²) < 4.78 is 0. The molecule has 0 saturated carbocycles. The van der Waals surface area contributed by atoms with Crippen molar-refractivity contribution in [2.75, 3.05) is 13.1 Å². The van der Waals surface area contributed by atoms with Gasteiger partial charge in [0.1, 0.15) is 23.7 Å². The number of amides is 5. The predicted octanol–water partition coefficient (Wildman–Crippen LogP) is -0.742. The van der Waals surface area contributed by atoms with Gasteiger partial charge in [-0.15, -0.1) is 0 Å². The molecular formula is C27H39N5O8. The third-order valence-electron chi connectivity index (χ3n) is 7.72. The van der Waals surface area contributed by atoms with Crippen LogP contribution < -0.4 is 16.4 Å². The van der Waals surface area contributed by atoms with E-state index in [-0.39, 0.29) is 25.9 Å². The van der Waals surface area contributed by atoms with Crippen LogP contribution in [0.15, 0.2) is 24.3 Å². The lowest BCUT2D eigenvalue weighted by molar-refractivity contribution is -0.153. The Kier molecular flexibility index (Phi) is 9.74. The smallest absolute Gasteiger partial charge is 0.405 e. The van der Waals surface area contributed by atoms with E-state index in [0.717, 1.165) is 11.1 Å². The van der Waals surface area contributed by atoms with Crippen LogP contribution in [-0.4, -0.2) is 104 Å². The summed E-state index contributed by atoms with van der Waals surface area (Å²) in [6.07, 6.45) is -2.49. The van der Waals surface area contributed by atoms with Crippen molar-refractivity contribution in [3.63, 3.8) is 0 Å². The monoisotopic (exact) mass is 561 g/mol. The molecular weight excluding hydrogens is 522 g/mol. The van der Waals surface area contributed by atoms with E-state index in [9.17, 15) is 34.2 Å². The molecule has 220 valence electrons. The highest BCUT2D eigenvalue weighted by molar-refractivity contribution is 5.98. The fraction of sp³-hybridized carbons (Fsp3) is 0.593. The second-order valence-electron chi connectivity index (χ2n) is 10.7. The van der Waals surface area contributed by atoms with Crippen molar-refractivity contribution in [2.45, 2.75) is 88.7 Å². The van der Waals surface area contributed by atoms with Crippen molar-refractivity contribution >= 4 is 29.7 Å². The number of aryl methyl sites for hydroxylation is 1. The number of nitrogens with one attached hydrogen (secondary N) is 2. The van der Waals surface area contributed by atoms with Gasteiger partial charge in [0.05, 0.1) is 12.2 Å². The zero-order valence-electron chi connectivity index (χ0n) is 23.0. The minimum absolute atomic E-state index is 0.119. The standard InChI is InChI=1S/C27H39N5O8/c1-15-7-9-18(10-8-15)14-27(25(38)29-20(16(2)33)22(28)35)11-5-13-32(27)23(36)19-6-4-12-31(19)24(37)21(17(3)34)30-26(39)40/h7-10,16-17,19-21,30,33-34H,4-6,11-14H2,1-3H3,(H2,28,35)(H,29,38)(H,39,40)/t16-,17-,19?,20+,21+,27?/m1/s1. The van der Waals surface area contributed by atoms with E-state index in [2.05, 4.69) is 5.32 Å². The molecule has 2 fully saturated rings. The molecule has 7 N–H and O–H groups in total. The first-order valence-corrected chi connectivity index (χ1v) is 13.4. The molecule has 0 bridgehead atoms. The highest BCUT2D eigenvalue weighted by Gasteiger charge is 2.53. The Morgan fingerprint density at radius 1 is 1.00 bits per heavy atom. The van der Waals surface area contributed by atoms with Crippen LogP contribution in [0, 0.1) is 6.92 Å². The van der Waals surface area contributed by atoms with E-state index in [1.165, 1.54) is 23.6 Å². The maximum absolute atomic E-state index is 14.1. The second kappa shape index (κ2) is 12.6. The number of aliphatic hydroxyl groups is 2. The van der Waals surface area contributed by atoms with Gasteiger partial charge in [0, 0.05) is 19.5 Å². The van der Waals surface area contributed by atoms with Crippen LogP contribution in [0.2, 0.25) is 0 Å². The maximum Gasteiger partial charge on any atom is 0.405 e. The summed E-state index contributed by atoms with van der Waals surface area (Å²) in [4.78, 5) is 67.2. The SMILES string of the molecule is Cc1ccc(CC2(C(=O)N[C@H](C(N)=O)[C@@H](C)O)CCCN2C(=O)C2CCCN2C(=O)[C@@H](NC(=O)O)[C@@H](C)O)cc1. The summed E-state index contributed by atoms with van der Waals surface area (Å²) in [5.41, 5.74) is 5.77. The van der Waals surface area contributed by atoms with Crippen LogP contribution in [0.4, 0.5) is 4.79 Å². The van der Waals surface area contributed by atoms with Gasteiger partial charge < -0.3 is 41.5 Å². The number of likely N-dealkylation sites (tertiary alicyclic amines) is 2. The second-order valence-corrected chi connectivity index (χ2v) is 10.7. The first-order valence-electron chi connectivity index (χ1n) is 13.4. The number of carbonyl (C=O) groups excluding carboxylic acids is 4. The Balaban J connectivity index is 1.98. The number of benzene rings is 1. The fourth-order valence-electron chi connectivity index (χ4n) is 5.62. The number of nitrogens with zero attached hydrogens (tertiary/aromatic N) is 2. The topological polar surface area (TPSA) is 203 Å². The van der Waals surface area contributed by atoms with Crippen molar-refractivity contribution < 1.29 is 39.3 Å². The molecule has 2 heterocycles. The molecule has 1 aromatic carbocycles. The van der Waals surface area contributed by atoms with Gasteiger partial charge in [-0.05, 0) is 52.0 Å². The highest BCUT2D eigenvalue weighted by atomic mass is 16.4. The van der Waals surface area contributed by atoms with E-state index < -0.39 is 65.6 Å². The summed E-state index contributed by atoms with van der Waals surface area (Å²) >= 11 is 0. The largest absolute Gasteiger partial charge is 0.465 e. The summed E-state index contributed by atoms with van der Waals surface area (Å²) in [5.74, 6) is -2.79. The van der Waals surface area contributed by atoms with E-state index >= 15 is 0 Å². The Morgan fingerprint density at radius 2 is 1.62 bits per heavy atom. The first kappa shape index (κ1) is 30.8. The summed E-state index contributed by atoms with van der Waals surface area (Å²) in [5, 5.41) is 33.8. The van der Waals surface area contributed by atoms with Gasteiger partial charge in [-0.3, -0.25) is 19.2 Å². The van der Waals surface area contributed by atoms with Crippen LogP contribution in [0.5, 0.6) is 0 Å². The third-order valence-corrected chi connectivity index (χ3v) is 7.72. The molecule has 3 rings (SSSR count). The zero-order chi connectivity index (χ0) is 29.8. The molecule has 6 atom stereocenters. The molecule has 13 heteroatoms. The molecule has 13 nitrogen and oxygen atoms in total. The number of nitrogens with two attached hydrogens (primary N) is 1. The zero-order valence-corrected chi connectivity index (χ0v) is 23.0. The third kappa shape index (κ3) is 6.53. The predicted molar refractivity (Wildman–Crippen MR) is 143 cm³/mol. The molecule has 0 radical (unpaired) electrons. The Morgan fingerprint density at radius 3 is 2.17 bits per heavy atom. The van der Waals surface area contributed by atoms with Crippen molar-refractivity contribution in [2.24, 2.45) is 5.73 Å². The molecule has 2 saturated heterocycles. The van der Waals surface area contributed by atoms with Gasteiger partial charge in [-0.2, -0.15) is 0 Å². The van der Waals surface area contributed by atoms with E-state index in [4.69, 9.17) is 10.8 Å². The van der Waals surface area contributed by atoms with Crippen LogP contribution in [0.3, 0.4) is 0 Å². The van der Waals surface area contributed by atoms with Gasteiger partial charge in [-0.1, -0.05) is 29.8 Å². The Labute approximate surface area is 232 Å². The number of rotatable bonds is 10. The van der Waals surface area contributed by atoms with Crippen molar-refractivity contribution in [3.05, 3.63) is 35.4 Å². The lowest BCUT2D eigenvalue weighted by atomic mass is 9.85. The summed E-state index contributed by atoms with van der Waals surface area (Å²) in [6.45, 7) is 4.91. The molecule has 0 aliphatic carbocycles. The molecule has 1 aromatic rings. The van der Waals surface area contributed by atoms with E-state index in [1.807, 2.05) is 36.5 Å². The van der Waals surface area contributed by atoms with Crippen molar-refractivity contribution in [1.82, 2.24) is 20.4 Å². The van der Waals surface area contributed by atoms with Gasteiger partial charge in [0.2, 0.25) is 23.6 Å². The number of primary amides is 1. The quantitative estimate of drug-likeness (QED) is 0.214. The molecule has 2 unspecified atom stereocenters. The van der Waals surface area contributed by atoms with Crippen LogP contribution in [0.25, 0.3) is 0 Å². The minimum atomic E-state index is -1.49. The molecule has 0 spiro atoms. The highest BCUT2D eigenvalue weighted by Crippen LogP contribution is 2.36. The van der Waals surface area contributed by atoms with E-state index in [1.54, 1.807) is 0 Å². The van der Waals surface area contributed by atoms with Crippen LogP contribution in [0.1, 0.15) is 50.7 Å². The molecule has 5 amide bonds. The average molecular weight is 562 g/mol. The number of carboxylic acid groups (broad SMARTS) is 1. The number of hydrogen-bond donors (Lipinski definition) is 6. The van der Waals surface area contributed by atoms with Gasteiger partial charge >= 0.3 is 6.09 Å². The Bertz CT molecular complexity index is 1120. The lowest BCUT2D eigenvalue weighted by Gasteiger charge is -2.41. The summed E-state index contributed by atoms with van der Waals surface area (Å²) in [6, 6.07) is 3.64. The number of hydrogen-bond acceptors (Lipinski definition) is 7. The Hall–Kier alpha value is -3.71. The van der Waals surface area contributed by atoms with Gasteiger partial charge in [0.25, 0.3) is 0 Å². The molecule has 40 heavy (non-hydrogen) atoms. The van der Waals surface area contributed by atoms with Gasteiger partial charge in [-0.25, -0.2) is 4.79 Å². The minimum Gasteiger partial charge on any atom is -0.465 e. The normalized spacial score (nSPS) is 23.7. The number of aliphatic hydroxyl groups excluding tert-OH is 2. The molecule has 2 aliphatic rings. The molecule has 0 aromatic heterocycles. The number of carbonyl (C=O) groups is 5. The van der Waals surface area contributed by atoms with Crippen LogP contribution >= 0.6 is 0 Å². The van der Waals surface area contributed by atoms with Crippen molar-refractivity contribution in [1.29, 1.82) is 0 Å². The lowest BCUT2D eigenvalue weighted by Crippen LogP contribution is -2.65. The van der Waals surface area contributed by atoms with E-state index in [0.29, 0.717) is 19.3 Å².